The van der Waals surface area contributed by atoms with Crippen LogP contribution in [0.15, 0.2) is 24.3 Å². The molecule has 0 saturated heterocycles. The van der Waals surface area contributed by atoms with Crippen molar-refractivity contribution < 1.29 is 5.11 Å². The summed E-state index contributed by atoms with van der Waals surface area (Å²) >= 11 is 0. The highest BCUT2D eigenvalue weighted by molar-refractivity contribution is 5.34. The highest BCUT2D eigenvalue weighted by Gasteiger charge is 2.54. The minimum absolute atomic E-state index is 0.0457. The third-order valence-electron chi connectivity index (χ3n) is 6.59. The van der Waals surface area contributed by atoms with E-state index in [1.165, 1.54) is 32.1 Å². The van der Waals surface area contributed by atoms with Crippen LogP contribution in [0.1, 0.15) is 56.1 Å². The third kappa shape index (κ3) is 1.57. The van der Waals surface area contributed by atoms with Gasteiger partial charge in [0.15, 0.2) is 0 Å². The highest BCUT2D eigenvalue weighted by Crippen LogP contribution is 2.60. The van der Waals surface area contributed by atoms with Crippen LogP contribution in [0, 0.1) is 17.3 Å². The topological polar surface area (TPSA) is 20.2 Å². The lowest BCUT2D eigenvalue weighted by Gasteiger charge is -2.50. The van der Waals surface area contributed by atoms with Gasteiger partial charge in [0.1, 0.15) is 0 Å². The molecule has 2 fully saturated rings. The normalized spacial score (nSPS) is 44.3. The summed E-state index contributed by atoms with van der Waals surface area (Å²) in [6.07, 6.45) is 7.33. The monoisotopic (exact) mass is 256 g/mol. The average molecular weight is 256 g/mol. The fourth-order valence-electron chi connectivity index (χ4n) is 5.49. The molecule has 0 bridgehead atoms. The van der Waals surface area contributed by atoms with Crippen molar-refractivity contribution in [3.63, 3.8) is 0 Å². The summed E-state index contributed by atoms with van der Waals surface area (Å²) in [6.45, 7) is 2.35. The first-order valence-corrected chi connectivity index (χ1v) is 7.96. The SMILES string of the molecule is C[C@]12CC[C@@H]3c4ccccc4CC[C@@H]3[C@@H]1CC[C@H]2O. The van der Waals surface area contributed by atoms with Gasteiger partial charge in [-0.25, -0.2) is 0 Å². The molecule has 19 heavy (non-hydrogen) atoms. The number of hydrogen-bond acceptors (Lipinski definition) is 1. The molecule has 1 heteroatoms. The Hall–Kier alpha value is -0.820. The predicted octanol–water partition coefficient (Wildman–Crippen LogP) is 3.90. The van der Waals surface area contributed by atoms with E-state index in [4.69, 9.17) is 0 Å². The van der Waals surface area contributed by atoms with Gasteiger partial charge in [-0.3, -0.25) is 0 Å². The smallest absolute Gasteiger partial charge is 0.0596 e. The fourth-order valence-corrected chi connectivity index (χ4v) is 5.49. The molecule has 102 valence electrons. The average Bonchev–Trinajstić information content (AvgIpc) is 2.75. The van der Waals surface area contributed by atoms with Crippen LogP contribution >= 0.6 is 0 Å². The van der Waals surface area contributed by atoms with E-state index >= 15 is 0 Å². The molecule has 0 radical (unpaired) electrons. The van der Waals surface area contributed by atoms with Crippen LogP contribution < -0.4 is 0 Å². The quantitative estimate of drug-likeness (QED) is 0.746. The van der Waals surface area contributed by atoms with Crippen molar-refractivity contribution in [2.24, 2.45) is 17.3 Å². The lowest BCUT2D eigenvalue weighted by Crippen LogP contribution is -2.43. The molecular weight excluding hydrogens is 232 g/mol. The first-order valence-electron chi connectivity index (χ1n) is 7.96. The Balaban J connectivity index is 1.72. The van der Waals surface area contributed by atoms with Crippen LogP contribution in [-0.4, -0.2) is 11.2 Å². The summed E-state index contributed by atoms with van der Waals surface area (Å²) in [5, 5.41) is 10.4. The van der Waals surface area contributed by atoms with E-state index < -0.39 is 0 Å². The standard InChI is InChI=1S/C18H24O/c1-18-11-10-14-13-5-3-2-4-12(13)6-7-15(14)16(18)8-9-17(18)19/h2-5,14-17,19H,6-11H2,1H3/t14-,15+,16+,17-,18+/m1/s1. The van der Waals surface area contributed by atoms with E-state index in [1.54, 1.807) is 11.1 Å². The summed E-state index contributed by atoms with van der Waals surface area (Å²) in [5.74, 6) is 2.36. The van der Waals surface area contributed by atoms with Crippen LogP contribution in [0.4, 0.5) is 0 Å². The van der Waals surface area contributed by atoms with Crippen molar-refractivity contribution in [1.82, 2.24) is 0 Å². The van der Waals surface area contributed by atoms with Gasteiger partial charge in [-0.1, -0.05) is 31.2 Å². The van der Waals surface area contributed by atoms with Crippen LogP contribution in [0.3, 0.4) is 0 Å². The number of benzene rings is 1. The van der Waals surface area contributed by atoms with E-state index in [0.717, 1.165) is 24.2 Å². The van der Waals surface area contributed by atoms with Crippen LogP contribution in [0.2, 0.25) is 0 Å². The zero-order valence-electron chi connectivity index (χ0n) is 11.8. The van der Waals surface area contributed by atoms with Crippen LogP contribution in [0.5, 0.6) is 0 Å². The minimum Gasteiger partial charge on any atom is -0.393 e. The van der Waals surface area contributed by atoms with Gasteiger partial charge in [-0.15, -0.1) is 0 Å². The Morgan fingerprint density at radius 3 is 2.84 bits per heavy atom. The first kappa shape index (κ1) is 12.0. The molecule has 3 aliphatic carbocycles. The van der Waals surface area contributed by atoms with Crippen LogP contribution in [0.25, 0.3) is 0 Å². The Labute approximate surface area is 116 Å². The maximum Gasteiger partial charge on any atom is 0.0596 e. The van der Waals surface area contributed by atoms with Gasteiger partial charge < -0.3 is 5.11 Å². The lowest BCUT2D eigenvalue weighted by atomic mass is 9.55. The van der Waals surface area contributed by atoms with Crippen molar-refractivity contribution >= 4 is 0 Å². The van der Waals surface area contributed by atoms with E-state index in [-0.39, 0.29) is 11.5 Å². The molecule has 0 spiro atoms. The number of aliphatic hydroxyl groups excluding tert-OH is 1. The number of rotatable bonds is 0. The van der Waals surface area contributed by atoms with Gasteiger partial charge in [0.2, 0.25) is 0 Å². The van der Waals surface area contributed by atoms with Crippen molar-refractivity contribution in [3.05, 3.63) is 35.4 Å². The summed E-state index contributed by atoms with van der Waals surface area (Å²) in [6, 6.07) is 9.08. The van der Waals surface area contributed by atoms with Gasteiger partial charge in [-0.05, 0) is 72.8 Å². The molecule has 0 aromatic heterocycles. The molecule has 2 saturated carbocycles. The van der Waals surface area contributed by atoms with Gasteiger partial charge >= 0.3 is 0 Å². The fraction of sp³-hybridized carbons (Fsp3) is 0.667. The Morgan fingerprint density at radius 2 is 1.95 bits per heavy atom. The predicted molar refractivity (Wildman–Crippen MR) is 77.1 cm³/mol. The molecule has 0 amide bonds. The second kappa shape index (κ2) is 4.09. The molecule has 1 aromatic rings. The minimum atomic E-state index is -0.0457. The maximum atomic E-state index is 10.4. The van der Waals surface area contributed by atoms with Crippen molar-refractivity contribution in [1.29, 1.82) is 0 Å². The third-order valence-corrected chi connectivity index (χ3v) is 6.59. The van der Waals surface area contributed by atoms with Gasteiger partial charge in [0.25, 0.3) is 0 Å². The molecule has 0 heterocycles. The van der Waals surface area contributed by atoms with Gasteiger partial charge in [0.05, 0.1) is 6.10 Å². The van der Waals surface area contributed by atoms with Crippen LogP contribution in [-0.2, 0) is 6.42 Å². The number of aliphatic hydroxyl groups is 1. The zero-order valence-corrected chi connectivity index (χ0v) is 11.8. The number of fused-ring (bicyclic) bond motifs is 5. The molecule has 1 aromatic carbocycles. The van der Waals surface area contributed by atoms with Crippen molar-refractivity contribution in [3.8, 4) is 0 Å². The lowest BCUT2D eigenvalue weighted by molar-refractivity contribution is -0.0226. The Kier molecular flexibility index (Phi) is 2.57. The van der Waals surface area contributed by atoms with Crippen molar-refractivity contribution in [2.45, 2.75) is 57.5 Å². The molecule has 1 nitrogen and oxygen atoms in total. The zero-order chi connectivity index (χ0) is 13.0. The highest BCUT2D eigenvalue weighted by atomic mass is 16.3. The number of hydrogen-bond donors (Lipinski definition) is 1. The van der Waals surface area contributed by atoms with Gasteiger partial charge in [0, 0.05) is 0 Å². The second-order valence-electron chi connectivity index (χ2n) is 7.25. The largest absolute Gasteiger partial charge is 0.393 e. The van der Waals surface area contributed by atoms with E-state index in [2.05, 4.69) is 31.2 Å². The van der Waals surface area contributed by atoms with Gasteiger partial charge in [-0.2, -0.15) is 0 Å². The molecule has 3 aliphatic rings. The summed E-state index contributed by atoms with van der Waals surface area (Å²) < 4.78 is 0. The van der Waals surface area contributed by atoms with Crippen molar-refractivity contribution in [2.75, 3.05) is 0 Å². The second-order valence-corrected chi connectivity index (χ2v) is 7.25. The molecule has 5 atom stereocenters. The Bertz CT molecular complexity index is 494. The molecular formula is C18H24O. The van der Waals surface area contributed by atoms with E-state index in [0.29, 0.717) is 0 Å². The maximum absolute atomic E-state index is 10.4. The molecule has 0 aliphatic heterocycles. The summed E-state index contributed by atoms with van der Waals surface area (Å²) in [5.41, 5.74) is 3.43. The summed E-state index contributed by atoms with van der Waals surface area (Å²) in [7, 11) is 0. The summed E-state index contributed by atoms with van der Waals surface area (Å²) in [4.78, 5) is 0. The van der Waals surface area contributed by atoms with E-state index in [9.17, 15) is 5.11 Å². The molecule has 0 unspecified atom stereocenters. The number of aryl methyl sites for hydroxylation is 1. The Morgan fingerprint density at radius 1 is 1.11 bits per heavy atom. The van der Waals surface area contributed by atoms with E-state index in [1.807, 2.05) is 0 Å². The molecule has 1 N–H and O–H groups in total. The first-order chi connectivity index (χ1) is 9.20. The molecule has 4 rings (SSSR count).